The molecule has 2 N–H and O–H groups in total. The Labute approximate surface area is 182 Å². The van der Waals surface area contributed by atoms with Crippen molar-refractivity contribution in [3.63, 3.8) is 0 Å². The average Bonchev–Trinajstić information content (AvgIpc) is 3.12. The number of halogens is 1. The maximum Gasteiger partial charge on any atom is 0.227 e. The van der Waals surface area contributed by atoms with Gasteiger partial charge in [0.25, 0.3) is 0 Å². The van der Waals surface area contributed by atoms with Gasteiger partial charge in [0.05, 0.1) is 23.5 Å². The zero-order valence-electron chi connectivity index (χ0n) is 17.7. The lowest BCUT2D eigenvalue weighted by molar-refractivity contribution is 0.263. The molecular formula is C20H26FN7O2S. The van der Waals surface area contributed by atoms with Crippen LogP contribution in [0.15, 0.2) is 24.5 Å². The van der Waals surface area contributed by atoms with E-state index in [1.54, 1.807) is 29.6 Å². The van der Waals surface area contributed by atoms with Crippen molar-refractivity contribution in [2.75, 3.05) is 29.6 Å². The Balaban J connectivity index is 1.56. The second-order valence-electron chi connectivity index (χ2n) is 7.86. The van der Waals surface area contributed by atoms with Crippen molar-refractivity contribution < 1.29 is 13.7 Å². The Morgan fingerprint density at radius 2 is 2.13 bits per heavy atom. The lowest BCUT2D eigenvalue weighted by atomic mass is 10.1. The molecule has 0 aliphatic carbocycles. The minimum Gasteiger partial charge on any atom is -0.388 e. The van der Waals surface area contributed by atoms with E-state index in [-0.39, 0.29) is 19.2 Å². The number of nitrogens with zero attached hydrogens (tertiary/aromatic N) is 6. The van der Waals surface area contributed by atoms with Crippen LogP contribution in [0.1, 0.15) is 32.1 Å². The molecule has 3 aromatic heterocycles. The lowest BCUT2D eigenvalue weighted by Crippen LogP contribution is -2.46. The molecule has 4 heterocycles. The maximum atomic E-state index is 14.4. The number of rotatable bonds is 6. The Morgan fingerprint density at radius 1 is 1.32 bits per heavy atom. The summed E-state index contributed by atoms with van der Waals surface area (Å²) < 4.78 is 28.1. The molecule has 4 rings (SSSR count). The van der Waals surface area contributed by atoms with Crippen molar-refractivity contribution in [2.45, 2.75) is 44.3 Å². The molecule has 9 nitrogen and oxygen atoms in total. The number of hydrogen-bond donors (Lipinski definition) is 2. The first-order chi connectivity index (χ1) is 14.9. The van der Waals surface area contributed by atoms with Gasteiger partial charge in [0.2, 0.25) is 5.95 Å². The summed E-state index contributed by atoms with van der Waals surface area (Å²) in [7, 11) is -1.19. The minimum absolute atomic E-state index is 0.120. The van der Waals surface area contributed by atoms with Crippen LogP contribution in [0.2, 0.25) is 0 Å². The number of fused-ring (bicyclic) bond motifs is 1. The van der Waals surface area contributed by atoms with Gasteiger partial charge in [-0.3, -0.25) is 4.21 Å². The first kappa shape index (κ1) is 21.6. The topological polar surface area (TPSA) is 109 Å². The second-order valence-corrected chi connectivity index (χ2v) is 9.47. The van der Waals surface area contributed by atoms with E-state index in [9.17, 15) is 13.7 Å². The molecule has 0 bridgehead atoms. The molecule has 31 heavy (non-hydrogen) atoms. The largest absolute Gasteiger partial charge is 0.388 e. The highest BCUT2D eigenvalue weighted by atomic mass is 32.2. The van der Waals surface area contributed by atoms with Gasteiger partial charge in [-0.05, 0) is 26.3 Å². The van der Waals surface area contributed by atoms with Crippen LogP contribution < -0.4 is 10.2 Å². The molecule has 3 aromatic rings. The van der Waals surface area contributed by atoms with E-state index in [1.807, 2.05) is 24.5 Å². The molecule has 1 aliphatic rings. The summed E-state index contributed by atoms with van der Waals surface area (Å²) in [6.07, 6.45) is 4.13. The van der Waals surface area contributed by atoms with Crippen LogP contribution in [0.4, 0.5) is 22.0 Å². The van der Waals surface area contributed by atoms with Gasteiger partial charge in [0.1, 0.15) is 35.8 Å². The monoisotopic (exact) mass is 447 g/mol. The van der Waals surface area contributed by atoms with E-state index >= 15 is 0 Å². The molecule has 1 unspecified atom stereocenters. The Bertz CT molecular complexity index is 1110. The van der Waals surface area contributed by atoms with Crippen molar-refractivity contribution in [3.05, 3.63) is 30.4 Å². The number of hydrogen-bond acceptors (Lipinski definition) is 8. The second kappa shape index (κ2) is 8.83. The van der Waals surface area contributed by atoms with Crippen molar-refractivity contribution in [1.82, 2.24) is 24.5 Å². The third kappa shape index (κ3) is 4.38. The zero-order valence-corrected chi connectivity index (χ0v) is 18.5. The number of aromatic nitrogens is 5. The van der Waals surface area contributed by atoms with Crippen LogP contribution in [0.25, 0.3) is 11.0 Å². The normalized spacial score (nSPS) is 20.4. The smallest absolute Gasteiger partial charge is 0.227 e. The average molecular weight is 448 g/mol. The van der Waals surface area contributed by atoms with Gasteiger partial charge in [-0.15, -0.1) is 0 Å². The number of alkyl halides is 1. The molecule has 0 saturated carbocycles. The van der Waals surface area contributed by atoms with Crippen molar-refractivity contribution in [3.8, 4) is 0 Å². The quantitative estimate of drug-likeness (QED) is 0.593. The van der Waals surface area contributed by atoms with Gasteiger partial charge < -0.3 is 19.9 Å². The van der Waals surface area contributed by atoms with E-state index in [1.165, 1.54) is 0 Å². The molecule has 11 heteroatoms. The molecule has 1 saturated heterocycles. The molecule has 0 radical (unpaired) electrons. The summed E-state index contributed by atoms with van der Waals surface area (Å²) in [4.78, 5) is 19.4. The van der Waals surface area contributed by atoms with Crippen LogP contribution in [-0.4, -0.2) is 64.6 Å². The highest BCUT2D eigenvalue weighted by Crippen LogP contribution is 2.26. The predicted molar refractivity (Wildman–Crippen MR) is 119 cm³/mol. The third-order valence-corrected chi connectivity index (χ3v) is 6.78. The molecule has 1 fully saturated rings. The summed E-state index contributed by atoms with van der Waals surface area (Å²) in [5, 5.41) is 12.3. The van der Waals surface area contributed by atoms with E-state index in [0.29, 0.717) is 41.9 Å². The zero-order chi connectivity index (χ0) is 22.1. The van der Waals surface area contributed by atoms with Crippen LogP contribution in [-0.2, 0) is 17.4 Å². The van der Waals surface area contributed by atoms with Crippen LogP contribution in [0.3, 0.4) is 0 Å². The molecule has 166 valence electrons. The van der Waals surface area contributed by atoms with Gasteiger partial charge in [0, 0.05) is 41.9 Å². The Hall–Kier alpha value is -2.66. The van der Waals surface area contributed by atoms with Crippen LogP contribution >= 0.6 is 0 Å². The standard InChI is InChI=1S/C20H26FN7O2S/c1-12(2)28-15-8-18(23-9-14(15)24-19(28)11-29)25-17-4-6-22-20(26-17)27-7-5-16(31(3)30)13(21)10-27/h4,6,8-9,12-13,16,29H,5,7,10-11H2,1-3H3,(H,22,23,25,26)/t13-,16+,31?/m1/s1. The van der Waals surface area contributed by atoms with Gasteiger partial charge >= 0.3 is 0 Å². The first-order valence-corrected chi connectivity index (χ1v) is 11.8. The minimum atomic E-state index is -1.19. The highest BCUT2D eigenvalue weighted by Gasteiger charge is 2.32. The fourth-order valence-electron chi connectivity index (χ4n) is 3.95. The number of piperidine rings is 1. The van der Waals surface area contributed by atoms with Crippen molar-refractivity contribution in [1.29, 1.82) is 0 Å². The van der Waals surface area contributed by atoms with E-state index in [2.05, 4.69) is 25.3 Å². The number of aliphatic hydroxyl groups is 1. The van der Waals surface area contributed by atoms with Crippen LogP contribution in [0.5, 0.6) is 0 Å². The molecule has 1 aliphatic heterocycles. The summed E-state index contributed by atoms with van der Waals surface area (Å²) >= 11 is 0. The highest BCUT2D eigenvalue weighted by molar-refractivity contribution is 7.85. The lowest BCUT2D eigenvalue weighted by Gasteiger charge is -2.33. The fraction of sp³-hybridized carbons (Fsp3) is 0.500. The Kier molecular flexibility index (Phi) is 6.15. The van der Waals surface area contributed by atoms with Gasteiger partial charge in [0.15, 0.2) is 0 Å². The molecular weight excluding hydrogens is 421 g/mol. The summed E-state index contributed by atoms with van der Waals surface area (Å²) in [6, 6.07) is 3.71. The number of nitrogens with one attached hydrogen (secondary N) is 1. The molecule has 0 spiro atoms. The molecule has 0 aromatic carbocycles. The molecule has 0 amide bonds. The Morgan fingerprint density at radius 3 is 2.81 bits per heavy atom. The fourth-order valence-corrected chi connectivity index (χ4v) is 4.88. The number of aliphatic hydroxyl groups excluding tert-OH is 1. The SMILES string of the molecule is CC(C)n1c(CO)nc2cnc(Nc3ccnc(N4CC[C@H](S(C)=O)[C@H](F)C4)n3)cc21. The summed E-state index contributed by atoms with van der Waals surface area (Å²) in [5.41, 5.74) is 1.57. The van der Waals surface area contributed by atoms with Crippen molar-refractivity contribution >= 4 is 39.4 Å². The predicted octanol–water partition coefficient (Wildman–Crippen LogP) is 2.33. The first-order valence-electron chi connectivity index (χ1n) is 10.2. The molecule has 3 atom stereocenters. The van der Waals surface area contributed by atoms with Gasteiger partial charge in [-0.25, -0.2) is 19.3 Å². The summed E-state index contributed by atoms with van der Waals surface area (Å²) in [6.45, 7) is 4.58. The van der Waals surface area contributed by atoms with Crippen molar-refractivity contribution in [2.24, 2.45) is 0 Å². The third-order valence-electron chi connectivity index (χ3n) is 5.40. The number of anilines is 3. The van der Waals surface area contributed by atoms with E-state index in [0.717, 1.165) is 5.52 Å². The number of pyridine rings is 1. The van der Waals surface area contributed by atoms with Crippen LogP contribution in [0, 0.1) is 0 Å². The number of imidazole rings is 1. The van der Waals surface area contributed by atoms with Gasteiger partial charge in [-0.2, -0.15) is 4.98 Å². The van der Waals surface area contributed by atoms with E-state index in [4.69, 9.17) is 0 Å². The van der Waals surface area contributed by atoms with E-state index < -0.39 is 22.2 Å². The summed E-state index contributed by atoms with van der Waals surface area (Å²) in [5.74, 6) is 2.12. The van der Waals surface area contributed by atoms with Gasteiger partial charge in [-0.1, -0.05) is 0 Å². The maximum absolute atomic E-state index is 14.4.